The standard InChI is InChI=1S/C17H25NO2.2CO2/c1-11(2)17(12(3)4)15(16(19)20-6)18(17)14-9-7-8-13(5)10-14;2*2-1-3/h7-12,15H,1-6H3;;. The molecule has 7 heteroatoms. The van der Waals surface area contributed by atoms with Crippen LogP contribution in [0.3, 0.4) is 0 Å². The van der Waals surface area contributed by atoms with Crippen LogP contribution in [0.1, 0.15) is 33.3 Å². The molecular weight excluding hydrogens is 338 g/mol. The maximum Gasteiger partial charge on any atom is 0.373 e. The molecule has 142 valence electrons. The van der Waals surface area contributed by atoms with Gasteiger partial charge >= 0.3 is 18.3 Å². The summed E-state index contributed by atoms with van der Waals surface area (Å²) in [6.07, 6.45) is 0.500. The third-order valence-corrected chi connectivity index (χ3v) is 4.60. The van der Waals surface area contributed by atoms with Crippen LogP contribution >= 0.6 is 0 Å². The van der Waals surface area contributed by atoms with Gasteiger partial charge in [-0.15, -0.1) is 0 Å². The average Bonchev–Trinajstić information content (AvgIpc) is 3.27. The van der Waals surface area contributed by atoms with Crippen molar-refractivity contribution in [3.8, 4) is 0 Å². The third kappa shape index (κ3) is 4.66. The fraction of sp³-hybridized carbons (Fsp3) is 0.526. The second-order valence-electron chi connectivity index (χ2n) is 6.50. The van der Waals surface area contributed by atoms with Gasteiger partial charge < -0.3 is 9.64 Å². The molecule has 7 nitrogen and oxygen atoms in total. The van der Waals surface area contributed by atoms with Gasteiger partial charge in [-0.1, -0.05) is 39.8 Å². The predicted octanol–water partition coefficient (Wildman–Crippen LogP) is 2.24. The van der Waals surface area contributed by atoms with Gasteiger partial charge in [0.25, 0.3) is 0 Å². The van der Waals surface area contributed by atoms with Gasteiger partial charge in [-0.25, -0.2) is 4.79 Å². The maximum absolute atomic E-state index is 12.2. The molecule has 0 aliphatic carbocycles. The Bertz CT molecular complexity index is 650. The number of hydrogen-bond donors (Lipinski definition) is 0. The summed E-state index contributed by atoms with van der Waals surface area (Å²) in [7, 11) is 1.47. The van der Waals surface area contributed by atoms with Crippen molar-refractivity contribution in [1.29, 1.82) is 0 Å². The zero-order chi connectivity index (χ0) is 20.5. The van der Waals surface area contributed by atoms with Crippen LogP contribution in [-0.4, -0.2) is 37.0 Å². The van der Waals surface area contributed by atoms with Gasteiger partial charge in [0.2, 0.25) is 0 Å². The number of carbonyl (C=O) groups is 1. The lowest BCUT2D eigenvalue weighted by atomic mass is 9.81. The average molecular weight is 363 g/mol. The molecule has 1 aliphatic rings. The molecule has 26 heavy (non-hydrogen) atoms. The summed E-state index contributed by atoms with van der Waals surface area (Å²) >= 11 is 0. The molecule has 2 rings (SSSR count). The quantitative estimate of drug-likeness (QED) is 0.597. The summed E-state index contributed by atoms with van der Waals surface area (Å²) in [6, 6.07) is 8.17. The minimum atomic E-state index is -0.172. The molecule has 0 bridgehead atoms. The number of carbonyl (C=O) groups excluding carboxylic acids is 5. The van der Waals surface area contributed by atoms with E-state index >= 15 is 0 Å². The van der Waals surface area contributed by atoms with Crippen molar-refractivity contribution < 1.29 is 28.7 Å². The zero-order valence-corrected chi connectivity index (χ0v) is 15.9. The van der Waals surface area contributed by atoms with E-state index in [1.165, 1.54) is 12.7 Å². The van der Waals surface area contributed by atoms with Crippen LogP contribution in [0, 0.1) is 18.8 Å². The van der Waals surface area contributed by atoms with Crippen molar-refractivity contribution in [1.82, 2.24) is 0 Å². The number of hydrogen-bond acceptors (Lipinski definition) is 7. The molecule has 0 spiro atoms. The Balaban J connectivity index is 0.000000918. The van der Waals surface area contributed by atoms with Gasteiger partial charge in [-0.2, -0.15) is 19.2 Å². The molecule has 1 unspecified atom stereocenters. The Hall–Kier alpha value is -2.75. The van der Waals surface area contributed by atoms with Gasteiger partial charge in [0, 0.05) is 5.69 Å². The van der Waals surface area contributed by atoms with E-state index in [2.05, 4.69) is 57.7 Å². The van der Waals surface area contributed by atoms with E-state index in [0.29, 0.717) is 11.8 Å². The van der Waals surface area contributed by atoms with Crippen LogP contribution in [0.15, 0.2) is 24.3 Å². The molecule has 0 amide bonds. The smallest absolute Gasteiger partial charge is 0.373 e. The minimum absolute atomic E-state index is 0.131. The van der Waals surface area contributed by atoms with Gasteiger partial charge in [-0.3, -0.25) is 0 Å². The summed E-state index contributed by atoms with van der Waals surface area (Å²) in [6.45, 7) is 10.8. The normalized spacial score (nSPS) is 16.3. The molecule has 1 fully saturated rings. The Morgan fingerprint density at radius 1 is 1.08 bits per heavy atom. The molecule has 1 aliphatic heterocycles. The van der Waals surface area contributed by atoms with E-state index in [-0.39, 0.29) is 29.9 Å². The van der Waals surface area contributed by atoms with E-state index in [0.717, 1.165) is 5.69 Å². The summed E-state index contributed by atoms with van der Waals surface area (Å²) in [4.78, 5) is 46.9. The molecule has 1 saturated heterocycles. The van der Waals surface area contributed by atoms with Crippen molar-refractivity contribution in [2.45, 2.75) is 46.2 Å². The van der Waals surface area contributed by atoms with Crippen LogP contribution in [0.2, 0.25) is 0 Å². The van der Waals surface area contributed by atoms with Gasteiger partial charge in [0.15, 0.2) is 6.04 Å². The molecule has 0 radical (unpaired) electrons. The van der Waals surface area contributed by atoms with Crippen LogP contribution in [-0.2, 0) is 28.7 Å². The number of anilines is 1. The largest absolute Gasteiger partial charge is 0.467 e. The van der Waals surface area contributed by atoms with Gasteiger partial charge in [0.05, 0.1) is 12.6 Å². The molecule has 0 aromatic heterocycles. The van der Waals surface area contributed by atoms with Crippen LogP contribution in [0.4, 0.5) is 5.69 Å². The second-order valence-corrected chi connectivity index (χ2v) is 6.50. The van der Waals surface area contributed by atoms with Gasteiger partial charge in [-0.05, 0) is 36.5 Å². The number of ether oxygens (including phenoxy) is 1. The summed E-state index contributed by atoms with van der Waals surface area (Å²) in [5.74, 6) is 0.633. The number of esters is 1. The number of methoxy groups -OCH3 is 1. The Kier molecular flexibility index (Phi) is 9.20. The van der Waals surface area contributed by atoms with Crippen molar-refractivity contribution in [2.24, 2.45) is 11.8 Å². The summed E-state index contributed by atoms with van der Waals surface area (Å²) in [5, 5.41) is 0. The van der Waals surface area contributed by atoms with Gasteiger partial charge in [0.1, 0.15) is 0 Å². The highest BCUT2D eigenvalue weighted by atomic mass is 16.5. The van der Waals surface area contributed by atoms with Crippen LogP contribution in [0.5, 0.6) is 0 Å². The van der Waals surface area contributed by atoms with E-state index < -0.39 is 0 Å². The maximum atomic E-state index is 12.2. The predicted molar refractivity (Wildman–Crippen MR) is 91.9 cm³/mol. The zero-order valence-electron chi connectivity index (χ0n) is 15.9. The first-order valence-corrected chi connectivity index (χ1v) is 8.12. The highest BCUT2D eigenvalue weighted by molar-refractivity contribution is 5.91. The number of benzene rings is 1. The van der Waals surface area contributed by atoms with Crippen molar-refractivity contribution in [3.05, 3.63) is 29.8 Å². The fourth-order valence-corrected chi connectivity index (χ4v) is 3.73. The summed E-state index contributed by atoms with van der Waals surface area (Å²) < 4.78 is 5.03. The van der Waals surface area contributed by atoms with E-state index in [9.17, 15) is 4.79 Å². The first kappa shape index (κ1) is 23.2. The van der Waals surface area contributed by atoms with Crippen LogP contribution < -0.4 is 4.90 Å². The van der Waals surface area contributed by atoms with Crippen LogP contribution in [0.25, 0.3) is 0 Å². The Morgan fingerprint density at radius 3 is 1.88 bits per heavy atom. The number of nitrogens with zero attached hydrogens (tertiary/aromatic N) is 1. The van der Waals surface area contributed by atoms with E-state index in [1.807, 2.05) is 6.07 Å². The van der Waals surface area contributed by atoms with Crippen molar-refractivity contribution in [3.63, 3.8) is 0 Å². The minimum Gasteiger partial charge on any atom is -0.467 e. The summed E-state index contributed by atoms with van der Waals surface area (Å²) in [5.41, 5.74) is 2.18. The van der Waals surface area contributed by atoms with Crippen molar-refractivity contribution >= 4 is 24.0 Å². The van der Waals surface area contributed by atoms with E-state index in [4.69, 9.17) is 23.9 Å². The molecule has 1 aromatic rings. The lowest BCUT2D eigenvalue weighted by molar-refractivity contribution is -0.193. The first-order chi connectivity index (χ1) is 12.2. The molecule has 1 heterocycles. The molecule has 0 N–H and O–H groups in total. The Morgan fingerprint density at radius 2 is 1.54 bits per heavy atom. The van der Waals surface area contributed by atoms with E-state index in [1.54, 1.807) is 0 Å². The number of rotatable bonds is 4. The fourth-order valence-electron chi connectivity index (χ4n) is 3.73. The first-order valence-electron chi connectivity index (χ1n) is 8.12. The monoisotopic (exact) mass is 363 g/mol. The molecular formula is C19H25NO6. The molecule has 1 aromatic carbocycles. The lowest BCUT2D eigenvalue weighted by Crippen LogP contribution is -2.34. The highest BCUT2D eigenvalue weighted by Crippen LogP contribution is 2.55. The van der Waals surface area contributed by atoms with Crippen molar-refractivity contribution in [2.75, 3.05) is 12.0 Å². The molecule has 1 atom stereocenters. The third-order valence-electron chi connectivity index (χ3n) is 4.60. The second kappa shape index (κ2) is 10.3. The molecule has 0 saturated carbocycles. The SMILES string of the molecule is COC(=O)C1N(c2cccc(C)c2)C1(C(C)C)C(C)C.O=C=O.O=C=O. The Labute approximate surface area is 153 Å². The topological polar surface area (TPSA) is 97.6 Å². The highest BCUT2D eigenvalue weighted by Gasteiger charge is 2.69. The lowest BCUT2D eigenvalue weighted by Gasteiger charge is -2.26. The number of aryl methyl sites for hydroxylation is 1.